The van der Waals surface area contributed by atoms with Crippen LogP contribution in [0.2, 0.25) is 0 Å². The number of hydrogen-bond acceptors (Lipinski definition) is 4. The highest BCUT2D eigenvalue weighted by atomic mass is 79.9. The summed E-state index contributed by atoms with van der Waals surface area (Å²) in [6.45, 7) is 1.92. The van der Waals surface area contributed by atoms with E-state index in [1.54, 1.807) is 49.4 Å². The van der Waals surface area contributed by atoms with Crippen molar-refractivity contribution >= 4 is 44.5 Å². The van der Waals surface area contributed by atoms with Crippen LogP contribution in [0.25, 0.3) is 11.0 Å². The summed E-state index contributed by atoms with van der Waals surface area (Å²) in [5, 5.41) is 3.41. The summed E-state index contributed by atoms with van der Waals surface area (Å²) >= 11 is 3.35. The van der Waals surface area contributed by atoms with E-state index in [1.807, 2.05) is 6.07 Å². The molecule has 1 aromatic heterocycles. The number of anilines is 1. The van der Waals surface area contributed by atoms with Crippen molar-refractivity contribution in [2.24, 2.45) is 0 Å². The molecule has 5 nitrogen and oxygen atoms in total. The number of rotatable bonds is 4. The lowest BCUT2D eigenvalue weighted by atomic mass is 10.2. The van der Waals surface area contributed by atoms with Crippen LogP contribution in [0.1, 0.15) is 27.8 Å². The average molecular weight is 388 g/mol. The monoisotopic (exact) mass is 387 g/mol. The van der Waals surface area contributed by atoms with E-state index in [2.05, 4.69) is 21.2 Å². The van der Waals surface area contributed by atoms with E-state index in [-0.39, 0.29) is 18.3 Å². The van der Waals surface area contributed by atoms with Gasteiger partial charge in [0, 0.05) is 9.86 Å². The third-order valence-corrected chi connectivity index (χ3v) is 4.10. The molecule has 3 rings (SSSR count). The van der Waals surface area contributed by atoms with Gasteiger partial charge in [-0.3, -0.25) is 4.79 Å². The van der Waals surface area contributed by atoms with Crippen molar-refractivity contribution in [3.8, 4) is 0 Å². The maximum Gasteiger partial charge on any atom is 0.376 e. The first-order chi connectivity index (χ1) is 11.6. The van der Waals surface area contributed by atoms with Gasteiger partial charge in [0.15, 0.2) is 0 Å². The van der Waals surface area contributed by atoms with E-state index in [4.69, 9.17) is 9.15 Å². The highest BCUT2D eigenvalue weighted by Crippen LogP contribution is 2.32. The molecule has 0 unspecified atom stereocenters. The van der Waals surface area contributed by atoms with Crippen LogP contribution >= 0.6 is 15.9 Å². The number of furan rings is 1. The topological polar surface area (TPSA) is 68.5 Å². The Bertz CT molecular complexity index is 916. The zero-order valence-corrected chi connectivity index (χ0v) is 14.4. The first kappa shape index (κ1) is 16.3. The number of carbonyl (C=O) groups excluding carboxylic acids is 2. The molecular weight excluding hydrogens is 374 g/mol. The predicted octanol–water partition coefficient (Wildman–Crippen LogP) is 4.62. The van der Waals surface area contributed by atoms with Gasteiger partial charge >= 0.3 is 5.97 Å². The fraction of sp³-hybridized carbons (Fsp3) is 0.111. The minimum Gasteiger partial charge on any atom is -0.460 e. The lowest BCUT2D eigenvalue weighted by molar-refractivity contribution is 0.0494. The number of benzene rings is 2. The second kappa shape index (κ2) is 6.88. The van der Waals surface area contributed by atoms with E-state index in [0.717, 1.165) is 0 Å². The van der Waals surface area contributed by atoms with Gasteiger partial charge in [-0.05, 0) is 47.1 Å². The van der Waals surface area contributed by atoms with Crippen LogP contribution in [0.5, 0.6) is 0 Å². The summed E-state index contributed by atoms with van der Waals surface area (Å²) in [6.07, 6.45) is 0. The van der Waals surface area contributed by atoms with Gasteiger partial charge in [0.25, 0.3) is 5.91 Å². The van der Waals surface area contributed by atoms with Crippen LogP contribution in [-0.4, -0.2) is 18.5 Å². The summed E-state index contributed by atoms with van der Waals surface area (Å²) in [6, 6.07) is 14.1. The van der Waals surface area contributed by atoms with Crippen LogP contribution in [-0.2, 0) is 4.74 Å². The highest BCUT2D eigenvalue weighted by Gasteiger charge is 2.24. The van der Waals surface area contributed by atoms with Gasteiger partial charge in [-0.2, -0.15) is 0 Å². The molecular formula is C18H14BrNO4. The second-order valence-electron chi connectivity index (χ2n) is 4.96. The summed E-state index contributed by atoms with van der Waals surface area (Å²) in [5.74, 6) is -0.978. The number of hydrogen-bond donors (Lipinski definition) is 1. The fourth-order valence-electron chi connectivity index (χ4n) is 2.34. The number of nitrogens with one attached hydrogen (secondary N) is 1. The SMILES string of the molecule is CCOC(=O)c1oc2ccccc2c1NC(=O)c1ccccc1Br. The average Bonchev–Trinajstić information content (AvgIpc) is 2.94. The summed E-state index contributed by atoms with van der Waals surface area (Å²) in [7, 11) is 0. The number of ether oxygens (including phenoxy) is 1. The zero-order valence-electron chi connectivity index (χ0n) is 12.8. The Balaban J connectivity index is 2.04. The second-order valence-corrected chi connectivity index (χ2v) is 5.81. The van der Waals surface area contributed by atoms with Gasteiger partial charge in [-0.25, -0.2) is 4.79 Å². The van der Waals surface area contributed by atoms with Gasteiger partial charge in [-0.15, -0.1) is 0 Å². The van der Waals surface area contributed by atoms with E-state index >= 15 is 0 Å². The van der Waals surface area contributed by atoms with E-state index < -0.39 is 5.97 Å². The molecule has 1 heterocycles. The van der Waals surface area contributed by atoms with Crippen LogP contribution in [0.15, 0.2) is 57.4 Å². The van der Waals surface area contributed by atoms with E-state index in [9.17, 15) is 9.59 Å². The smallest absolute Gasteiger partial charge is 0.376 e. The first-order valence-corrected chi connectivity index (χ1v) is 8.15. The van der Waals surface area contributed by atoms with Crippen molar-refractivity contribution < 1.29 is 18.7 Å². The standard InChI is InChI=1S/C18H14BrNO4/c1-2-23-18(22)16-15(12-8-4-6-10-14(12)24-16)20-17(21)11-7-3-5-9-13(11)19/h3-10H,2H2,1H3,(H,20,21). The van der Waals surface area contributed by atoms with Crippen LogP contribution in [0, 0.1) is 0 Å². The number of carbonyl (C=O) groups is 2. The Morgan fingerprint density at radius 2 is 1.83 bits per heavy atom. The van der Waals surface area contributed by atoms with Crippen molar-refractivity contribution in [1.82, 2.24) is 0 Å². The Kier molecular flexibility index (Phi) is 4.66. The van der Waals surface area contributed by atoms with Gasteiger partial charge < -0.3 is 14.5 Å². The van der Waals surface area contributed by atoms with Gasteiger partial charge in [0.1, 0.15) is 11.3 Å². The Hall–Kier alpha value is -2.60. The van der Waals surface area contributed by atoms with Crippen LogP contribution in [0.4, 0.5) is 5.69 Å². The molecule has 0 aliphatic heterocycles. The molecule has 0 fully saturated rings. The maximum absolute atomic E-state index is 12.6. The molecule has 0 spiro atoms. The summed E-state index contributed by atoms with van der Waals surface area (Å²) in [5.41, 5.74) is 1.27. The zero-order chi connectivity index (χ0) is 17.1. The molecule has 0 bridgehead atoms. The molecule has 2 aromatic carbocycles. The number of halogens is 1. The van der Waals surface area contributed by atoms with Crippen molar-refractivity contribution in [3.05, 3.63) is 64.3 Å². The Morgan fingerprint density at radius 1 is 1.12 bits per heavy atom. The van der Waals surface area contributed by atoms with Crippen molar-refractivity contribution in [2.75, 3.05) is 11.9 Å². The highest BCUT2D eigenvalue weighted by molar-refractivity contribution is 9.10. The maximum atomic E-state index is 12.6. The van der Waals surface area contributed by atoms with Crippen molar-refractivity contribution in [1.29, 1.82) is 0 Å². The molecule has 0 atom stereocenters. The van der Waals surface area contributed by atoms with Gasteiger partial charge in [0.2, 0.25) is 5.76 Å². The molecule has 0 aliphatic rings. The molecule has 1 N–H and O–H groups in total. The minimum atomic E-state index is -0.615. The van der Waals surface area contributed by atoms with E-state index in [1.165, 1.54) is 0 Å². The summed E-state index contributed by atoms with van der Waals surface area (Å²) in [4.78, 5) is 24.7. The molecule has 1 amide bonds. The Labute approximate surface area is 146 Å². The number of para-hydroxylation sites is 1. The number of amides is 1. The largest absolute Gasteiger partial charge is 0.460 e. The molecule has 6 heteroatoms. The van der Waals surface area contributed by atoms with Gasteiger partial charge in [-0.1, -0.05) is 24.3 Å². The molecule has 3 aromatic rings. The third kappa shape index (κ3) is 3.05. The lowest BCUT2D eigenvalue weighted by Crippen LogP contribution is -2.15. The fourth-order valence-corrected chi connectivity index (χ4v) is 2.80. The van der Waals surface area contributed by atoms with Crippen molar-refractivity contribution in [3.63, 3.8) is 0 Å². The normalized spacial score (nSPS) is 10.6. The Morgan fingerprint density at radius 3 is 2.58 bits per heavy atom. The minimum absolute atomic E-state index is 0.0153. The van der Waals surface area contributed by atoms with Crippen LogP contribution in [0.3, 0.4) is 0 Å². The third-order valence-electron chi connectivity index (χ3n) is 3.41. The molecule has 0 radical (unpaired) electrons. The first-order valence-electron chi connectivity index (χ1n) is 7.36. The quantitative estimate of drug-likeness (QED) is 0.662. The lowest BCUT2D eigenvalue weighted by Gasteiger charge is -2.07. The number of fused-ring (bicyclic) bond motifs is 1. The molecule has 0 saturated heterocycles. The molecule has 122 valence electrons. The van der Waals surface area contributed by atoms with Crippen molar-refractivity contribution in [2.45, 2.75) is 6.92 Å². The predicted molar refractivity (Wildman–Crippen MR) is 94.3 cm³/mol. The molecule has 0 aliphatic carbocycles. The molecule has 0 saturated carbocycles. The summed E-state index contributed by atoms with van der Waals surface area (Å²) < 4.78 is 11.3. The number of esters is 1. The molecule has 24 heavy (non-hydrogen) atoms. The van der Waals surface area contributed by atoms with Gasteiger partial charge in [0.05, 0.1) is 12.2 Å². The van der Waals surface area contributed by atoms with Crippen LogP contribution < -0.4 is 5.32 Å². The van der Waals surface area contributed by atoms with E-state index in [0.29, 0.717) is 26.7 Å².